The van der Waals surface area contributed by atoms with Gasteiger partial charge in [-0.3, -0.25) is 51.9 Å². The van der Waals surface area contributed by atoms with Crippen LogP contribution in [0.25, 0.3) is 56.1 Å². The number of likely N-dealkylation sites (tertiary alicyclic amines) is 1. The SMILES string of the molecule is CC(=O)c1ccc(Nc2ccc(F)cc2)c(N)c1.CC(=O)c1ccc2c(c1)nc(C)n2-c1ccc(F)cc1.CCO.COC(C)(OC)OC.Cc1nc2cc(C(=O)N3CC(N4CCN(C(=O)c5nccs5)CC4)C3)ccc2n1-c1ccc(F)cc1.Cc1nc2cc(C(=O)O)ccc2n1-c1ccc(F)cc1.O=C(c1nccs1)N1CCN(C2CNC2)CC1.[2H]CF.[NH-]O.[Na+]. The molecule has 4 saturated heterocycles. The van der Waals surface area contributed by atoms with Gasteiger partial charge in [-0.25, -0.2) is 47.3 Å². The van der Waals surface area contributed by atoms with E-state index in [-0.39, 0.29) is 94.3 Å². The number of nitrogens with zero attached hydrogens (tertiary/aromatic N) is 13. The summed E-state index contributed by atoms with van der Waals surface area (Å²) >= 11 is 2.79. The van der Waals surface area contributed by atoms with Crippen molar-refractivity contribution in [3.05, 3.63) is 272 Å². The molecule has 0 atom stereocenters. The van der Waals surface area contributed by atoms with Gasteiger partial charge in [0.15, 0.2) is 21.6 Å². The van der Waals surface area contributed by atoms with Gasteiger partial charge in [-0.05, 0) is 211 Å². The molecule has 4 fully saturated rings. The van der Waals surface area contributed by atoms with Crippen LogP contribution in [0.1, 0.15) is 108 Å². The number of imidazole rings is 3. The van der Waals surface area contributed by atoms with Gasteiger partial charge in [0.2, 0.25) is 0 Å². The van der Waals surface area contributed by atoms with Crippen molar-refractivity contribution < 1.29 is 111 Å². The van der Waals surface area contributed by atoms with Gasteiger partial charge in [-0.2, -0.15) is 0 Å². The predicted octanol–water partition coefficient (Wildman–Crippen LogP) is 11.9. The monoisotopic (exact) mass is 1790 g/mol. The van der Waals surface area contributed by atoms with E-state index in [2.05, 4.69) is 45.4 Å². The number of benzene rings is 8. The van der Waals surface area contributed by atoms with Crippen LogP contribution >= 0.6 is 22.7 Å². The zero-order valence-electron chi connectivity index (χ0n) is 73.1. The topological polar surface area (TPSA) is 360 Å². The summed E-state index contributed by atoms with van der Waals surface area (Å²) in [5, 5.41) is 34.0. The summed E-state index contributed by atoms with van der Waals surface area (Å²) in [6.45, 7) is 22.4. The number of carboxylic acid groups (broad SMARTS) is 1. The quantitative estimate of drug-likeness (QED) is 0.0131. The van der Waals surface area contributed by atoms with Crippen molar-refractivity contribution in [1.29, 1.82) is 0 Å². The number of anilines is 3. The van der Waals surface area contributed by atoms with E-state index < -0.39 is 19.1 Å². The Kier molecular flexibility index (Phi) is 37.9. The van der Waals surface area contributed by atoms with E-state index in [1.807, 2.05) is 84.2 Å². The molecule has 0 spiro atoms. The summed E-state index contributed by atoms with van der Waals surface area (Å²) < 4.78 is 87.8. The molecule has 17 rings (SSSR count). The van der Waals surface area contributed by atoms with Crippen LogP contribution in [0.5, 0.6) is 0 Å². The number of halogens is 5. The molecule has 8 aromatic carbocycles. The van der Waals surface area contributed by atoms with Crippen LogP contribution in [-0.4, -0.2) is 245 Å². The standard InChI is InChI=1S/C26H25FN6O2S.C16H13FN2O.C15H11FN2O2.C14H13FN2O.C11H16N4OS.C5H12O3.C2H6O.CH3F.H2NO.Na/c1-17-29-22-14-18(2-7-23(22)33(17)20-5-3-19(27)4-6-20)25(34)32-15-21(16-32)30-9-11-31(12-10-30)26(35)24-28-8-13-36-24;1-10(20)12-3-8-16-15(9-12)18-11(2)19(16)14-6-4-13(17)5-7-14;1-9-17-13-8-10(15(19)20)2-7-14(13)18(9)12-5-3-11(16)4-6-12;1-9(18)10-2-7-14(13(16)8-10)17-12-5-3-11(15)4-6-12;16-11(10-13-1-6-17-10)15-4-2-14(3-5-15)9-7-12-8-9;1-5(6-2,7-3)8-4;1-2-3;2*1-2;/h2-8,13-14,21H,9-12,15-16H2,1H3;3-9H,1-2H3;2-8H,1H3,(H,19,20);2-8,17H,16H2,1H3;1,6,9,12H,2-5,7-8H2;1-4H3;3H,2H2,1H3;1H3;1-2H;/q;;;;;;;;-1;+1/i;;;;;;;1D;;. The Bertz CT molecular complexity index is 5630. The molecule has 37 heteroatoms. The molecule has 0 aliphatic carbocycles. The van der Waals surface area contributed by atoms with E-state index >= 15 is 0 Å². The number of nitrogens with one attached hydrogen (secondary N) is 3. The zero-order chi connectivity index (χ0) is 92.2. The van der Waals surface area contributed by atoms with E-state index in [0.717, 1.165) is 114 Å². The number of aromatic carboxylic acids is 1. The molecule has 0 radical (unpaired) electrons. The van der Waals surface area contributed by atoms with Crippen molar-refractivity contribution in [2.45, 2.75) is 66.5 Å². The first-order valence-electron chi connectivity index (χ1n) is 40.3. The molecule has 127 heavy (non-hydrogen) atoms. The Morgan fingerprint density at radius 1 is 0.528 bits per heavy atom. The maximum absolute atomic E-state index is 13.4. The van der Waals surface area contributed by atoms with Gasteiger partial charge < -0.3 is 66.6 Å². The second kappa shape index (κ2) is 48.5. The molecule has 4 aliphatic heterocycles. The molecular formula is C90H101F5N17NaO12S2. The van der Waals surface area contributed by atoms with Gasteiger partial charge in [-0.15, -0.1) is 22.7 Å². The number of thiazole rings is 2. The van der Waals surface area contributed by atoms with Gasteiger partial charge in [-0.1, -0.05) is 0 Å². The summed E-state index contributed by atoms with van der Waals surface area (Å²) in [4.78, 5) is 103. The molecule has 9 heterocycles. The van der Waals surface area contributed by atoms with Gasteiger partial charge in [0, 0.05) is 188 Å². The number of carboxylic acids is 1. The molecule has 0 saturated carbocycles. The Balaban J connectivity index is 0.000000194. The number of piperazine rings is 2. The number of hydrogen-bond acceptors (Lipinski definition) is 23. The molecule has 29 nitrogen and oxygen atoms in total. The average Bonchev–Trinajstić information content (AvgIpc) is 1.61. The fourth-order valence-electron chi connectivity index (χ4n) is 13.7. The first-order chi connectivity index (χ1) is 61.0. The molecule has 13 aromatic rings. The molecule has 5 aromatic heterocycles. The smallest absolute Gasteiger partial charge is 0.553 e. The summed E-state index contributed by atoms with van der Waals surface area (Å²) in [5.41, 5.74) is 16.9. The number of amides is 3. The number of Topliss-reactive ketones (excluding diaryl/α,β-unsaturated/α-hetero) is 2. The third kappa shape index (κ3) is 26.6. The maximum Gasteiger partial charge on any atom is 1.00 e. The Morgan fingerprint density at radius 2 is 0.866 bits per heavy atom. The van der Waals surface area contributed by atoms with Crippen LogP contribution in [0.3, 0.4) is 0 Å². The normalized spacial score (nSPS) is 13.8. The number of alkyl halides is 1. The van der Waals surface area contributed by atoms with E-state index in [4.69, 9.17) is 42.6 Å². The Hall–Kier alpha value is -11.5. The molecule has 8 N–H and O–H groups in total. The number of nitrogen functional groups attached to an aromatic ring is 1. The molecule has 0 bridgehead atoms. The first kappa shape index (κ1) is 99.3. The number of aryl methyl sites for hydroxylation is 3. The minimum atomic E-state index is -1.00. The minimum absolute atomic E-state index is 0. The number of aromatic nitrogens is 8. The van der Waals surface area contributed by atoms with Crippen molar-refractivity contribution in [1.82, 2.24) is 68.4 Å². The largest absolute Gasteiger partial charge is 1.00 e. The van der Waals surface area contributed by atoms with E-state index in [1.165, 1.54) is 119 Å². The Labute approximate surface area is 763 Å². The second-order valence-corrected chi connectivity index (χ2v) is 30.5. The van der Waals surface area contributed by atoms with E-state index in [1.54, 1.807) is 111 Å². The fourth-order valence-corrected chi connectivity index (χ4v) is 14.9. The van der Waals surface area contributed by atoms with Crippen molar-refractivity contribution in [3.63, 3.8) is 0 Å². The van der Waals surface area contributed by atoms with Gasteiger partial charge in [0.05, 0.1) is 58.6 Å². The van der Waals surface area contributed by atoms with Crippen LogP contribution in [0.15, 0.2) is 193 Å². The van der Waals surface area contributed by atoms with Gasteiger partial charge in [0.25, 0.3) is 23.7 Å². The van der Waals surface area contributed by atoms with Crippen LogP contribution in [0.2, 0.25) is 0 Å². The third-order valence-electron chi connectivity index (χ3n) is 20.7. The van der Waals surface area contributed by atoms with Crippen LogP contribution in [-0.2, 0) is 14.2 Å². The van der Waals surface area contributed by atoms with Crippen LogP contribution in [0, 0.1) is 44.0 Å². The van der Waals surface area contributed by atoms with E-state index in [0.29, 0.717) is 87.7 Å². The van der Waals surface area contributed by atoms with Crippen LogP contribution in [0.4, 0.5) is 39.0 Å². The predicted molar refractivity (Wildman–Crippen MR) is 476 cm³/mol. The summed E-state index contributed by atoms with van der Waals surface area (Å²) in [6.07, 6.45) is 3.35. The van der Waals surface area contributed by atoms with Crippen molar-refractivity contribution in [3.8, 4) is 17.1 Å². The number of rotatable bonds is 16. The van der Waals surface area contributed by atoms with E-state index in [9.17, 15) is 50.7 Å². The molecular weight excluding hydrogens is 1690 g/mol. The molecule has 0 unspecified atom stereocenters. The fraction of sp³-hybridized carbons (Fsp3) is 0.300. The number of ketones is 2. The van der Waals surface area contributed by atoms with Crippen molar-refractivity contribution >= 4 is 108 Å². The number of carbonyl (C=O) groups excluding carboxylic acids is 5. The molecule has 666 valence electrons. The minimum Gasteiger partial charge on any atom is -0.553 e. The number of ether oxygens (including phenoxy) is 3. The summed E-state index contributed by atoms with van der Waals surface area (Å²) in [6, 6.07) is 46.4. The number of fused-ring (bicyclic) bond motifs is 3. The number of hydrogen-bond donors (Lipinski definition) is 6. The van der Waals surface area contributed by atoms with Gasteiger partial charge in [0.1, 0.15) is 40.7 Å². The Morgan fingerprint density at radius 3 is 1.20 bits per heavy atom. The number of aliphatic hydroxyl groups is 1. The summed E-state index contributed by atoms with van der Waals surface area (Å²) in [7, 11) is 3.56. The van der Waals surface area contributed by atoms with Crippen molar-refractivity contribution in [2.75, 3.05) is 125 Å². The zero-order valence-corrected chi connectivity index (χ0v) is 75.8. The molecule has 3 amide bonds. The molecule has 4 aliphatic rings. The van der Waals surface area contributed by atoms with Crippen LogP contribution < -0.4 is 45.9 Å². The third-order valence-corrected chi connectivity index (χ3v) is 22.2. The number of aliphatic hydroxyl groups excluding tert-OH is 1. The van der Waals surface area contributed by atoms with Crippen molar-refractivity contribution in [2.24, 2.45) is 0 Å². The van der Waals surface area contributed by atoms with Gasteiger partial charge >= 0.3 is 35.5 Å². The number of nitrogens with two attached hydrogens (primary N) is 1. The maximum atomic E-state index is 13.4. The first-order valence-corrected chi connectivity index (χ1v) is 41.4. The summed E-state index contributed by atoms with van der Waals surface area (Å²) in [5.74, 6) is 4.11. The average molecular weight is 1800 g/mol. The number of carbonyl (C=O) groups is 6. The number of methoxy groups -OCH3 is 3. The second-order valence-electron chi connectivity index (χ2n) is 28.7.